The molecule has 19 heavy (non-hydrogen) atoms. The van der Waals surface area contributed by atoms with Crippen molar-refractivity contribution in [1.29, 1.82) is 0 Å². The molecule has 0 atom stereocenters. The van der Waals surface area contributed by atoms with Gasteiger partial charge in [0.1, 0.15) is 18.2 Å². The summed E-state index contributed by atoms with van der Waals surface area (Å²) in [7, 11) is 0. The molecule has 5 nitrogen and oxygen atoms in total. The third-order valence-electron chi connectivity index (χ3n) is 2.79. The largest absolute Gasteiger partial charge is 0.484 e. The predicted octanol–water partition coefficient (Wildman–Crippen LogP) is 2.80. The number of ether oxygens (including phenoxy) is 1. The number of thiophene rings is 1. The van der Waals surface area contributed by atoms with Gasteiger partial charge in [0.2, 0.25) is 0 Å². The van der Waals surface area contributed by atoms with Gasteiger partial charge in [0.15, 0.2) is 4.88 Å². The summed E-state index contributed by atoms with van der Waals surface area (Å²) in [6.07, 6.45) is 4.39. The van der Waals surface area contributed by atoms with Crippen molar-refractivity contribution in [2.45, 2.75) is 33.4 Å². The fourth-order valence-corrected chi connectivity index (χ4v) is 2.64. The summed E-state index contributed by atoms with van der Waals surface area (Å²) in [6.45, 7) is 5.11. The minimum absolute atomic E-state index is 0.256. The van der Waals surface area contributed by atoms with E-state index < -0.39 is 5.97 Å². The van der Waals surface area contributed by atoms with Gasteiger partial charge >= 0.3 is 5.97 Å². The molecule has 0 saturated carbocycles. The second-order valence-electron chi connectivity index (χ2n) is 3.98. The monoisotopic (exact) mass is 280 g/mol. The molecule has 0 saturated heterocycles. The molecule has 2 rings (SSSR count). The van der Waals surface area contributed by atoms with Crippen LogP contribution in [0.15, 0.2) is 18.5 Å². The minimum Gasteiger partial charge on any atom is -0.484 e. The molecule has 102 valence electrons. The SMILES string of the molecule is CCc1cc(OCc2nccn2CC)c(C(=O)O)s1. The van der Waals surface area contributed by atoms with E-state index in [2.05, 4.69) is 4.98 Å². The first kappa shape index (κ1) is 13.6. The predicted molar refractivity (Wildman–Crippen MR) is 72.9 cm³/mol. The minimum atomic E-state index is -0.946. The molecule has 0 fully saturated rings. The molecular formula is C13H16N2O3S. The number of rotatable bonds is 6. The molecule has 0 unspecified atom stereocenters. The van der Waals surface area contributed by atoms with E-state index in [0.29, 0.717) is 5.75 Å². The highest BCUT2D eigenvalue weighted by molar-refractivity contribution is 7.14. The number of imidazole rings is 1. The fraction of sp³-hybridized carbons (Fsp3) is 0.385. The number of carboxylic acids is 1. The molecule has 2 aromatic rings. The molecule has 1 N–H and O–H groups in total. The lowest BCUT2D eigenvalue weighted by Crippen LogP contribution is -2.06. The maximum absolute atomic E-state index is 11.1. The van der Waals surface area contributed by atoms with Crippen molar-refractivity contribution in [2.24, 2.45) is 0 Å². The first-order chi connectivity index (χ1) is 9.15. The number of aromatic carboxylic acids is 1. The quantitative estimate of drug-likeness (QED) is 0.883. The number of hydrogen-bond donors (Lipinski definition) is 1. The summed E-state index contributed by atoms with van der Waals surface area (Å²) in [4.78, 5) is 16.6. The molecule has 0 aliphatic rings. The third-order valence-corrected chi connectivity index (χ3v) is 4.04. The Labute approximate surface area is 115 Å². The average Bonchev–Trinajstić information content (AvgIpc) is 3.02. The number of carboxylic acid groups (broad SMARTS) is 1. The summed E-state index contributed by atoms with van der Waals surface area (Å²) in [5.41, 5.74) is 0. The van der Waals surface area contributed by atoms with Gasteiger partial charge in [-0.15, -0.1) is 11.3 Å². The molecule has 0 radical (unpaired) electrons. The summed E-state index contributed by atoms with van der Waals surface area (Å²) in [5.74, 6) is 0.279. The number of aromatic nitrogens is 2. The van der Waals surface area contributed by atoms with Crippen LogP contribution in [0.5, 0.6) is 5.75 Å². The third kappa shape index (κ3) is 2.96. The molecule has 0 aliphatic heterocycles. The van der Waals surface area contributed by atoms with Crippen LogP contribution in [0.1, 0.15) is 34.2 Å². The number of carbonyl (C=O) groups is 1. The normalized spacial score (nSPS) is 10.6. The molecule has 0 spiro atoms. The zero-order valence-electron chi connectivity index (χ0n) is 10.9. The molecular weight excluding hydrogens is 264 g/mol. The van der Waals surface area contributed by atoms with Gasteiger partial charge in [0.05, 0.1) is 0 Å². The zero-order valence-corrected chi connectivity index (χ0v) is 11.7. The van der Waals surface area contributed by atoms with E-state index in [1.54, 1.807) is 12.3 Å². The topological polar surface area (TPSA) is 64.4 Å². The average molecular weight is 280 g/mol. The molecule has 6 heteroatoms. The van der Waals surface area contributed by atoms with E-state index >= 15 is 0 Å². The Balaban J connectivity index is 2.15. The maximum atomic E-state index is 11.1. The summed E-state index contributed by atoms with van der Waals surface area (Å²) < 4.78 is 7.58. The van der Waals surface area contributed by atoms with Crippen molar-refractivity contribution in [3.8, 4) is 5.75 Å². The highest BCUT2D eigenvalue weighted by Crippen LogP contribution is 2.30. The fourth-order valence-electron chi connectivity index (χ4n) is 1.76. The Hall–Kier alpha value is -1.82. The second kappa shape index (κ2) is 5.88. The van der Waals surface area contributed by atoms with E-state index in [-0.39, 0.29) is 11.5 Å². The molecule has 0 bridgehead atoms. The summed E-state index contributed by atoms with van der Waals surface area (Å²) >= 11 is 1.26. The number of hydrogen-bond acceptors (Lipinski definition) is 4. The van der Waals surface area contributed by atoms with E-state index in [9.17, 15) is 4.79 Å². The van der Waals surface area contributed by atoms with E-state index in [0.717, 1.165) is 23.7 Å². The van der Waals surface area contributed by atoms with Crippen LogP contribution in [-0.4, -0.2) is 20.6 Å². The summed E-state index contributed by atoms with van der Waals surface area (Å²) in [6, 6.07) is 1.80. The maximum Gasteiger partial charge on any atom is 0.349 e. The molecule has 0 amide bonds. The first-order valence-corrected chi connectivity index (χ1v) is 6.96. The lowest BCUT2D eigenvalue weighted by atomic mass is 10.3. The lowest BCUT2D eigenvalue weighted by Gasteiger charge is -2.06. The Morgan fingerprint density at radius 1 is 1.53 bits per heavy atom. The van der Waals surface area contributed by atoms with Crippen LogP contribution < -0.4 is 4.74 Å². The van der Waals surface area contributed by atoms with Crippen LogP contribution in [0.2, 0.25) is 0 Å². The highest BCUT2D eigenvalue weighted by atomic mass is 32.1. The van der Waals surface area contributed by atoms with Crippen molar-refractivity contribution in [1.82, 2.24) is 9.55 Å². The van der Waals surface area contributed by atoms with E-state index in [4.69, 9.17) is 9.84 Å². The second-order valence-corrected chi connectivity index (χ2v) is 5.12. The van der Waals surface area contributed by atoms with Crippen molar-refractivity contribution in [3.05, 3.63) is 34.0 Å². The zero-order chi connectivity index (χ0) is 13.8. The van der Waals surface area contributed by atoms with Gasteiger partial charge in [0, 0.05) is 23.8 Å². The van der Waals surface area contributed by atoms with Crippen LogP contribution in [-0.2, 0) is 19.6 Å². The standard InChI is InChI=1S/C13H16N2O3S/c1-3-9-7-10(12(19-9)13(16)17)18-8-11-14-5-6-15(11)4-2/h5-7H,3-4,8H2,1-2H3,(H,16,17). The van der Waals surface area contributed by atoms with E-state index in [1.807, 2.05) is 24.6 Å². The smallest absolute Gasteiger partial charge is 0.349 e. The molecule has 0 aliphatic carbocycles. The molecule has 0 aromatic carbocycles. The van der Waals surface area contributed by atoms with Crippen LogP contribution in [0.25, 0.3) is 0 Å². The van der Waals surface area contributed by atoms with Gasteiger partial charge in [-0.25, -0.2) is 9.78 Å². The molecule has 2 heterocycles. The van der Waals surface area contributed by atoms with E-state index in [1.165, 1.54) is 11.3 Å². The Morgan fingerprint density at radius 3 is 2.95 bits per heavy atom. The Bertz CT molecular complexity index is 574. The van der Waals surface area contributed by atoms with Gasteiger partial charge in [-0.05, 0) is 19.4 Å². The highest BCUT2D eigenvalue weighted by Gasteiger charge is 2.16. The Kier molecular flexibility index (Phi) is 4.21. The molecule has 2 aromatic heterocycles. The van der Waals surface area contributed by atoms with Gasteiger partial charge in [-0.2, -0.15) is 0 Å². The van der Waals surface area contributed by atoms with Crippen LogP contribution in [0, 0.1) is 0 Å². The van der Waals surface area contributed by atoms with Crippen molar-refractivity contribution in [3.63, 3.8) is 0 Å². The van der Waals surface area contributed by atoms with Gasteiger partial charge < -0.3 is 14.4 Å². The lowest BCUT2D eigenvalue weighted by molar-refractivity contribution is 0.0697. The summed E-state index contributed by atoms with van der Waals surface area (Å²) in [5, 5.41) is 9.14. The van der Waals surface area contributed by atoms with Gasteiger partial charge in [0.25, 0.3) is 0 Å². The van der Waals surface area contributed by atoms with Crippen molar-refractivity contribution >= 4 is 17.3 Å². The van der Waals surface area contributed by atoms with Crippen molar-refractivity contribution in [2.75, 3.05) is 0 Å². The van der Waals surface area contributed by atoms with Crippen LogP contribution in [0.3, 0.4) is 0 Å². The number of nitrogens with zero attached hydrogens (tertiary/aromatic N) is 2. The van der Waals surface area contributed by atoms with Crippen LogP contribution >= 0.6 is 11.3 Å². The van der Waals surface area contributed by atoms with Crippen LogP contribution in [0.4, 0.5) is 0 Å². The van der Waals surface area contributed by atoms with Gasteiger partial charge in [-0.3, -0.25) is 0 Å². The van der Waals surface area contributed by atoms with Crippen molar-refractivity contribution < 1.29 is 14.6 Å². The Morgan fingerprint density at radius 2 is 2.32 bits per heavy atom. The number of aryl methyl sites for hydroxylation is 2. The first-order valence-electron chi connectivity index (χ1n) is 6.14. The van der Waals surface area contributed by atoms with Gasteiger partial charge in [-0.1, -0.05) is 6.92 Å².